The molecule has 0 unspecified atom stereocenters. The average molecular weight is 314 g/mol. The first-order valence-corrected chi connectivity index (χ1v) is 4.61. The Labute approximate surface area is 91.6 Å². The van der Waals surface area contributed by atoms with Crippen LogP contribution in [0.15, 0.2) is 6.07 Å². The summed E-state index contributed by atoms with van der Waals surface area (Å²) in [5.74, 6) is 0. The van der Waals surface area contributed by atoms with Crippen molar-refractivity contribution in [2.24, 2.45) is 0 Å². The normalized spacial score (nSPS) is 10.6. The van der Waals surface area contributed by atoms with Crippen molar-refractivity contribution >= 4 is 28.3 Å². The van der Waals surface area contributed by atoms with Crippen LogP contribution in [0, 0.1) is 20.7 Å². The van der Waals surface area contributed by atoms with Gasteiger partial charge in [-0.1, -0.05) is 0 Å². The molecule has 0 radical (unpaired) electrons. The van der Waals surface area contributed by atoms with Crippen LogP contribution in [0.5, 0.6) is 0 Å². The fraction of sp³-hybridized carbons (Fsp3) is 0.286. The molecule has 0 saturated carbocycles. The molecule has 0 amide bonds. The highest BCUT2D eigenvalue weighted by molar-refractivity contribution is 14.1. The molecule has 1 aromatic heterocycles. The largest absolute Gasteiger partial charge is 0.301 e. The molecule has 0 saturated heterocycles. The number of pyridine rings is 1. The van der Waals surface area contributed by atoms with Crippen LogP contribution in [0.4, 0.5) is 14.5 Å². The lowest BCUT2D eigenvalue weighted by molar-refractivity contribution is -0.386. The fourth-order valence-corrected chi connectivity index (χ4v) is 1.64. The third-order valence-electron chi connectivity index (χ3n) is 1.62. The number of aryl methyl sites for hydroxylation is 1. The third-order valence-corrected chi connectivity index (χ3v) is 2.41. The van der Waals surface area contributed by atoms with Gasteiger partial charge in [0.1, 0.15) is 0 Å². The van der Waals surface area contributed by atoms with Gasteiger partial charge < -0.3 is 0 Å². The zero-order valence-corrected chi connectivity index (χ0v) is 9.16. The van der Waals surface area contributed by atoms with E-state index in [1.54, 1.807) is 22.6 Å². The van der Waals surface area contributed by atoms with E-state index in [-0.39, 0.29) is 15.1 Å². The minimum Gasteiger partial charge on any atom is -0.258 e. The maximum atomic E-state index is 12.3. The van der Waals surface area contributed by atoms with Crippen LogP contribution in [0.3, 0.4) is 0 Å². The molecule has 0 N–H and O–H groups in total. The van der Waals surface area contributed by atoms with Crippen LogP contribution < -0.4 is 0 Å². The lowest BCUT2D eigenvalue weighted by Crippen LogP contribution is -2.00. The van der Waals surface area contributed by atoms with E-state index < -0.39 is 16.9 Å². The molecule has 0 aliphatic heterocycles. The van der Waals surface area contributed by atoms with Crippen LogP contribution in [0.25, 0.3) is 0 Å². The van der Waals surface area contributed by atoms with Gasteiger partial charge in [0, 0.05) is 17.3 Å². The van der Waals surface area contributed by atoms with Crippen molar-refractivity contribution in [3.63, 3.8) is 0 Å². The summed E-state index contributed by atoms with van der Waals surface area (Å²) in [6, 6.07) is 0.870. The van der Waals surface area contributed by atoms with E-state index in [1.165, 1.54) is 6.92 Å². The van der Waals surface area contributed by atoms with Crippen molar-refractivity contribution in [1.29, 1.82) is 0 Å². The van der Waals surface area contributed by atoms with Gasteiger partial charge in [0.25, 0.3) is 6.43 Å². The highest BCUT2D eigenvalue weighted by Gasteiger charge is 2.20. The summed E-state index contributed by atoms with van der Waals surface area (Å²) >= 11 is 1.64. The summed E-state index contributed by atoms with van der Waals surface area (Å²) in [6.45, 7) is 1.40. The number of alkyl halides is 2. The molecule has 0 bridgehead atoms. The Hall–Kier alpha value is -0.860. The molecular weight excluding hydrogens is 309 g/mol. The molecule has 1 heterocycles. The minimum atomic E-state index is -2.74. The molecule has 1 rings (SSSR count). The van der Waals surface area contributed by atoms with Gasteiger partial charge in [0.05, 0.1) is 4.92 Å². The molecule has 0 aromatic carbocycles. The maximum Gasteiger partial charge on any atom is 0.301 e. The summed E-state index contributed by atoms with van der Waals surface area (Å²) in [7, 11) is 0. The topological polar surface area (TPSA) is 56.0 Å². The van der Waals surface area contributed by atoms with Gasteiger partial charge in [-0.25, -0.2) is 13.8 Å². The predicted octanol–water partition coefficient (Wildman–Crippen LogP) is 2.84. The van der Waals surface area contributed by atoms with Crippen molar-refractivity contribution < 1.29 is 13.7 Å². The van der Waals surface area contributed by atoms with Gasteiger partial charge in [0.15, 0.2) is 3.70 Å². The number of rotatable bonds is 2. The van der Waals surface area contributed by atoms with E-state index in [9.17, 15) is 18.9 Å². The quantitative estimate of drug-likeness (QED) is 0.365. The first-order valence-electron chi connectivity index (χ1n) is 3.53. The highest BCUT2D eigenvalue weighted by Crippen LogP contribution is 2.28. The maximum absolute atomic E-state index is 12.3. The second-order valence-corrected chi connectivity index (χ2v) is 3.55. The highest BCUT2D eigenvalue weighted by atomic mass is 127. The molecule has 0 aliphatic rings. The van der Waals surface area contributed by atoms with E-state index in [4.69, 9.17) is 0 Å². The van der Waals surface area contributed by atoms with Gasteiger partial charge in [-0.2, -0.15) is 0 Å². The SMILES string of the molecule is Cc1nc(I)c([N+](=O)[O-])cc1C(F)F. The van der Waals surface area contributed by atoms with E-state index in [1.807, 2.05) is 0 Å². The molecule has 0 spiro atoms. The van der Waals surface area contributed by atoms with Gasteiger partial charge in [-0.3, -0.25) is 10.1 Å². The lowest BCUT2D eigenvalue weighted by Gasteiger charge is -2.04. The second kappa shape index (κ2) is 4.11. The lowest BCUT2D eigenvalue weighted by atomic mass is 10.2. The van der Waals surface area contributed by atoms with Crippen LogP contribution in [0.1, 0.15) is 17.7 Å². The van der Waals surface area contributed by atoms with Crippen LogP contribution >= 0.6 is 22.6 Å². The summed E-state index contributed by atoms with van der Waals surface area (Å²) in [5.41, 5.74) is -0.654. The minimum absolute atomic E-state index is 0.120. The smallest absolute Gasteiger partial charge is 0.258 e. The number of aromatic nitrogens is 1. The molecule has 0 aliphatic carbocycles. The molecule has 1 aromatic rings. The average Bonchev–Trinajstić information content (AvgIpc) is 2.02. The van der Waals surface area contributed by atoms with Crippen molar-refractivity contribution in [3.05, 3.63) is 31.1 Å². The van der Waals surface area contributed by atoms with Crippen molar-refractivity contribution in [2.45, 2.75) is 13.3 Å². The summed E-state index contributed by atoms with van der Waals surface area (Å²) in [6.07, 6.45) is -2.74. The molecule has 76 valence electrons. The number of halogens is 3. The Bertz CT molecular complexity index is 384. The number of hydrogen-bond donors (Lipinski definition) is 0. The summed E-state index contributed by atoms with van der Waals surface area (Å²) in [4.78, 5) is 13.4. The van der Waals surface area contributed by atoms with Gasteiger partial charge in [0.2, 0.25) is 0 Å². The zero-order valence-electron chi connectivity index (χ0n) is 7.00. The van der Waals surface area contributed by atoms with Crippen LogP contribution in [-0.2, 0) is 0 Å². The Morgan fingerprint density at radius 2 is 2.21 bits per heavy atom. The first-order chi connectivity index (χ1) is 6.43. The number of nitro groups is 1. The molecular formula is C7H5F2IN2O2. The molecule has 14 heavy (non-hydrogen) atoms. The molecule has 0 atom stereocenters. The van der Waals surface area contributed by atoms with Crippen LogP contribution in [0.2, 0.25) is 0 Å². The van der Waals surface area contributed by atoms with Crippen molar-refractivity contribution in [2.75, 3.05) is 0 Å². The Balaban J connectivity index is 3.34. The van der Waals surface area contributed by atoms with Crippen molar-refractivity contribution in [3.8, 4) is 0 Å². The Morgan fingerprint density at radius 1 is 1.64 bits per heavy atom. The third kappa shape index (κ3) is 2.14. The first kappa shape index (κ1) is 11.2. The van der Waals surface area contributed by atoms with Gasteiger partial charge in [-0.05, 0) is 29.5 Å². The summed E-state index contributed by atoms with van der Waals surface area (Å²) in [5, 5.41) is 10.4. The van der Waals surface area contributed by atoms with E-state index >= 15 is 0 Å². The predicted molar refractivity (Wildman–Crippen MR) is 53.3 cm³/mol. The standard InChI is InChI=1S/C7H5F2IN2O2/c1-3-4(6(8)9)2-5(12(13)14)7(10)11-3/h2,6H,1H3. The van der Waals surface area contributed by atoms with Gasteiger partial charge in [-0.15, -0.1) is 0 Å². The van der Waals surface area contributed by atoms with E-state index in [0.717, 1.165) is 6.07 Å². The Morgan fingerprint density at radius 3 is 2.64 bits per heavy atom. The number of hydrogen-bond acceptors (Lipinski definition) is 3. The summed E-state index contributed by atoms with van der Waals surface area (Å²) < 4.78 is 24.8. The molecule has 0 fully saturated rings. The fourth-order valence-electron chi connectivity index (χ4n) is 0.929. The zero-order chi connectivity index (χ0) is 10.9. The molecule has 7 heteroatoms. The van der Waals surface area contributed by atoms with Crippen LogP contribution in [-0.4, -0.2) is 9.91 Å². The molecule has 4 nitrogen and oxygen atoms in total. The second-order valence-electron chi connectivity index (χ2n) is 2.53. The van der Waals surface area contributed by atoms with E-state index in [0.29, 0.717) is 0 Å². The monoisotopic (exact) mass is 314 g/mol. The van der Waals surface area contributed by atoms with E-state index in [2.05, 4.69) is 4.98 Å². The van der Waals surface area contributed by atoms with Gasteiger partial charge >= 0.3 is 5.69 Å². The Kier molecular flexibility index (Phi) is 3.29. The number of nitrogens with zero attached hydrogens (tertiary/aromatic N) is 2. The van der Waals surface area contributed by atoms with Crippen molar-refractivity contribution in [1.82, 2.24) is 4.98 Å².